The van der Waals surface area contributed by atoms with Gasteiger partial charge < -0.3 is 0 Å². The Morgan fingerprint density at radius 3 is 3.00 bits per heavy atom. The molecular formula is C6H5FNS. The second kappa shape index (κ2) is 2.82. The first-order valence-corrected chi connectivity index (χ1v) is 3.63. The van der Waals surface area contributed by atoms with Gasteiger partial charge in [0, 0.05) is 6.20 Å². The van der Waals surface area contributed by atoms with Gasteiger partial charge in [-0.3, -0.25) is 0 Å². The Hall–Kier alpha value is -0.570. The maximum atomic E-state index is 12.2. The average molecular weight is 142 g/mol. The molecule has 0 bridgehead atoms. The van der Waals surface area contributed by atoms with Crippen LogP contribution in [0, 0.1) is 11.9 Å². The van der Waals surface area contributed by atoms with E-state index in [-0.39, 0.29) is 5.82 Å². The monoisotopic (exact) mass is 142 g/mol. The smallest absolute Gasteiger partial charge is 0.135 e. The van der Waals surface area contributed by atoms with Gasteiger partial charge in [0.05, 0.1) is 6.07 Å². The number of thioether (sulfide) groups is 1. The van der Waals surface area contributed by atoms with Crippen LogP contribution in [0.5, 0.6) is 0 Å². The van der Waals surface area contributed by atoms with E-state index in [1.165, 1.54) is 24.0 Å². The lowest BCUT2D eigenvalue weighted by atomic mass is 10.5. The van der Waals surface area contributed by atoms with Crippen molar-refractivity contribution in [2.75, 3.05) is 6.26 Å². The molecule has 0 saturated carbocycles. The number of rotatable bonds is 1. The summed E-state index contributed by atoms with van der Waals surface area (Å²) < 4.78 is 12.2. The van der Waals surface area contributed by atoms with Gasteiger partial charge in [0.15, 0.2) is 0 Å². The molecule has 0 aliphatic heterocycles. The van der Waals surface area contributed by atoms with Crippen molar-refractivity contribution in [3.05, 3.63) is 24.1 Å². The van der Waals surface area contributed by atoms with E-state index in [0.29, 0.717) is 5.03 Å². The van der Waals surface area contributed by atoms with Crippen LogP contribution < -0.4 is 0 Å². The first-order chi connectivity index (χ1) is 4.33. The number of aromatic nitrogens is 1. The highest BCUT2D eigenvalue weighted by Crippen LogP contribution is 2.09. The highest BCUT2D eigenvalue weighted by Gasteiger charge is 1.92. The first-order valence-electron chi connectivity index (χ1n) is 2.41. The number of hydrogen-bond acceptors (Lipinski definition) is 2. The fourth-order valence-electron chi connectivity index (χ4n) is 0.450. The predicted octanol–water partition coefficient (Wildman–Crippen LogP) is 1.74. The molecule has 0 saturated heterocycles. The summed E-state index contributed by atoms with van der Waals surface area (Å²) >= 11 is 1.38. The molecule has 9 heavy (non-hydrogen) atoms. The standard InChI is InChI=1S/C6H5FNS/c1-9-6-4-5(7)2-3-8-6/h2-3H,1H3. The maximum absolute atomic E-state index is 12.2. The topological polar surface area (TPSA) is 12.9 Å². The Morgan fingerprint density at radius 1 is 1.78 bits per heavy atom. The van der Waals surface area contributed by atoms with E-state index in [1.54, 1.807) is 0 Å². The summed E-state index contributed by atoms with van der Waals surface area (Å²) in [5.41, 5.74) is 0. The van der Waals surface area contributed by atoms with Crippen molar-refractivity contribution < 1.29 is 4.39 Å². The lowest BCUT2D eigenvalue weighted by Gasteiger charge is -1.90. The minimum Gasteiger partial charge on any atom is -0.249 e. The van der Waals surface area contributed by atoms with Gasteiger partial charge in [-0.2, -0.15) is 0 Å². The molecule has 3 heteroatoms. The molecule has 0 amide bonds. The normalized spacial score (nSPS) is 9.56. The van der Waals surface area contributed by atoms with E-state index < -0.39 is 0 Å². The van der Waals surface area contributed by atoms with Crippen molar-refractivity contribution in [1.82, 2.24) is 4.98 Å². The second-order valence-corrected chi connectivity index (χ2v) is 2.22. The van der Waals surface area contributed by atoms with Gasteiger partial charge in [0.2, 0.25) is 0 Å². The fourth-order valence-corrected chi connectivity index (χ4v) is 0.816. The lowest BCUT2D eigenvalue weighted by Crippen LogP contribution is -1.79. The number of halogens is 1. The Balaban J connectivity index is 2.94. The second-order valence-electron chi connectivity index (χ2n) is 1.43. The molecule has 1 radical (unpaired) electrons. The van der Waals surface area contributed by atoms with Gasteiger partial charge in [-0.05, 0) is 12.3 Å². The molecule has 0 unspecified atom stereocenters. The van der Waals surface area contributed by atoms with Crippen molar-refractivity contribution in [2.24, 2.45) is 0 Å². The summed E-state index contributed by atoms with van der Waals surface area (Å²) in [6, 6.07) is 3.72. The highest BCUT2D eigenvalue weighted by atomic mass is 32.2. The van der Waals surface area contributed by atoms with Crippen LogP contribution in [-0.4, -0.2) is 11.2 Å². The largest absolute Gasteiger partial charge is 0.249 e. The molecule has 0 aliphatic carbocycles. The van der Waals surface area contributed by atoms with Gasteiger partial charge in [-0.25, -0.2) is 9.37 Å². The Bertz CT molecular complexity index is 202. The summed E-state index contributed by atoms with van der Waals surface area (Å²) in [6.45, 7) is 0. The minimum atomic E-state index is -0.352. The maximum Gasteiger partial charge on any atom is 0.135 e. The zero-order valence-corrected chi connectivity index (χ0v) is 5.70. The van der Waals surface area contributed by atoms with Crippen LogP contribution in [0.15, 0.2) is 17.3 Å². The van der Waals surface area contributed by atoms with Crippen molar-refractivity contribution in [3.8, 4) is 0 Å². The van der Waals surface area contributed by atoms with Crippen molar-refractivity contribution in [3.63, 3.8) is 0 Å². The van der Waals surface area contributed by atoms with E-state index in [0.717, 1.165) is 0 Å². The summed E-state index contributed by atoms with van der Waals surface area (Å²) in [4.78, 5) is 3.83. The number of pyridine rings is 1. The van der Waals surface area contributed by atoms with E-state index in [2.05, 4.69) is 11.1 Å². The van der Waals surface area contributed by atoms with Crippen LogP contribution in [0.4, 0.5) is 4.39 Å². The quantitative estimate of drug-likeness (QED) is 0.554. The van der Waals surface area contributed by atoms with E-state index >= 15 is 0 Å². The molecular weight excluding hydrogens is 137 g/mol. The van der Waals surface area contributed by atoms with Gasteiger partial charge in [0.1, 0.15) is 10.8 Å². The molecule has 1 nitrogen and oxygen atoms in total. The van der Waals surface area contributed by atoms with Crippen LogP contribution in [-0.2, 0) is 0 Å². The highest BCUT2D eigenvalue weighted by molar-refractivity contribution is 7.98. The molecule has 0 aromatic carbocycles. The molecule has 47 valence electrons. The Kier molecular flexibility index (Phi) is 2.05. The third-order valence-corrected chi connectivity index (χ3v) is 1.43. The fraction of sp³-hybridized carbons (Fsp3) is 0.167. The van der Waals surface area contributed by atoms with Crippen LogP contribution in [0.25, 0.3) is 0 Å². The average Bonchev–Trinajstić information content (AvgIpc) is 1.88. The lowest BCUT2D eigenvalue weighted by molar-refractivity contribution is 0.617. The van der Waals surface area contributed by atoms with Crippen molar-refractivity contribution in [2.45, 2.75) is 5.03 Å². The van der Waals surface area contributed by atoms with Crippen molar-refractivity contribution >= 4 is 11.8 Å². The summed E-state index contributed by atoms with van der Waals surface area (Å²) in [5.74, 6) is -0.352. The van der Waals surface area contributed by atoms with Crippen molar-refractivity contribution in [1.29, 1.82) is 0 Å². The molecule has 0 spiro atoms. The van der Waals surface area contributed by atoms with E-state index in [1.807, 2.05) is 6.26 Å². The summed E-state index contributed by atoms with van der Waals surface area (Å²) in [5, 5.41) is 0.593. The third-order valence-electron chi connectivity index (χ3n) is 0.832. The van der Waals surface area contributed by atoms with Gasteiger partial charge in [-0.15, -0.1) is 11.8 Å². The molecule has 1 rings (SSSR count). The van der Waals surface area contributed by atoms with Crippen LogP contribution in [0.2, 0.25) is 0 Å². The molecule has 0 N–H and O–H groups in total. The molecule has 0 atom stereocenters. The Labute approximate surface area is 57.3 Å². The summed E-state index contributed by atoms with van der Waals surface area (Å²) in [7, 11) is 0. The van der Waals surface area contributed by atoms with E-state index in [9.17, 15) is 4.39 Å². The zero-order valence-electron chi connectivity index (χ0n) is 4.89. The Morgan fingerprint density at radius 2 is 2.56 bits per heavy atom. The molecule has 1 aromatic rings. The molecule has 1 heterocycles. The number of hydrogen-bond donors (Lipinski definition) is 0. The van der Waals surface area contributed by atoms with Gasteiger partial charge >= 0.3 is 0 Å². The van der Waals surface area contributed by atoms with Gasteiger partial charge in [-0.1, -0.05) is 0 Å². The number of nitrogens with zero attached hydrogens (tertiary/aromatic N) is 1. The van der Waals surface area contributed by atoms with Gasteiger partial charge in [0.25, 0.3) is 0 Å². The first kappa shape index (κ1) is 6.55. The predicted molar refractivity (Wildman–Crippen MR) is 34.8 cm³/mol. The summed E-state index contributed by atoms with van der Waals surface area (Å²) in [6.07, 6.45) is 3.26. The zero-order chi connectivity index (χ0) is 6.69. The molecule has 0 aliphatic rings. The third kappa shape index (κ3) is 1.68. The molecule has 1 aromatic heterocycles. The van der Waals surface area contributed by atoms with Crippen LogP contribution in [0.3, 0.4) is 0 Å². The minimum absolute atomic E-state index is 0.352. The van der Waals surface area contributed by atoms with Crippen LogP contribution >= 0.6 is 11.8 Å². The van der Waals surface area contributed by atoms with Crippen LogP contribution in [0.1, 0.15) is 0 Å². The SMILES string of the molecule is CSc1[c]c(F)ccn1. The molecule has 0 fully saturated rings. The van der Waals surface area contributed by atoms with E-state index in [4.69, 9.17) is 0 Å².